The smallest absolute Gasteiger partial charge is 0.230 e. The highest BCUT2D eigenvalue weighted by Crippen LogP contribution is 2.26. The van der Waals surface area contributed by atoms with Gasteiger partial charge in [-0.25, -0.2) is 18.1 Å². The number of aryl methyl sites for hydroxylation is 1. The number of likely N-dealkylation sites (N-methyl/N-ethyl adjacent to an activating group) is 1. The first kappa shape index (κ1) is 23.7. The summed E-state index contributed by atoms with van der Waals surface area (Å²) in [5.74, 6) is 1.30. The number of aromatic amines is 1. The number of rotatable bonds is 10. The summed E-state index contributed by atoms with van der Waals surface area (Å²) >= 11 is 0. The van der Waals surface area contributed by atoms with Crippen LogP contribution in [0.1, 0.15) is 11.3 Å². The van der Waals surface area contributed by atoms with Crippen molar-refractivity contribution in [2.45, 2.75) is 12.7 Å². The highest BCUT2D eigenvalue weighted by atomic mass is 32.2. The van der Waals surface area contributed by atoms with Gasteiger partial charge in [-0.2, -0.15) is 4.98 Å². The highest BCUT2D eigenvalue weighted by Gasteiger charge is 2.12. The Morgan fingerprint density at radius 1 is 1.09 bits per heavy atom. The molecule has 2 aromatic heterocycles. The average Bonchev–Trinajstić information content (AvgIpc) is 3.13. The van der Waals surface area contributed by atoms with Crippen molar-refractivity contribution in [3.05, 3.63) is 72.1 Å². The van der Waals surface area contributed by atoms with E-state index in [1.165, 1.54) is 0 Å². The first-order chi connectivity index (χ1) is 16.3. The quantitative estimate of drug-likeness (QED) is 0.317. The van der Waals surface area contributed by atoms with Crippen LogP contribution in [0.4, 0.5) is 11.6 Å². The third kappa shape index (κ3) is 6.53. The Hall–Kier alpha value is -3.47. The van der Waals surface area contributed by atoms with Crippen LogP contribution in [0.2, 0.25) is 0 Å². The van der Waals surface area contributed by atoms with Crippen LogP contribution in [0.25, 0.3) is 10.9 Å². The van der Waals surface area contributed by atoms with E-state index in [9.17, 15) is 8.42 Å². The Bertz CT molecular complexity index is 1380. The lowest BCUT2D eigenvalue weighted by atomic mass is 10.2. The third-order valence-corrected chi connectivity index (χ3v) is 6.36. The van der Waals surface area contributed by atoms with Gasteiger partial charge in [0.1, 0.15) is 5.75 Å². The minimum Gasteiger partial charge on any atom is -0.439 e. The Labute approximate surface area is 199 Å². The van der Waals surface area contributed by atoms with E-state index in [2.05, 4.69) is 31.1 Å². The molecule has 3 N–H and O–H groups in total. The summed E-state index contributed by atoms with van der Waals surface area (Å²) in [6, 6.07) is 16.7. The van der Waals surface area contributed by atoms with Gasteiger partial charge in [-0.15, -0.1) is 0 Å². The van der Waals surface area contributed by atoms with Crippen LogP contribution in [0.5, 0.6) is 11.6 Å². The number of aromatic nitrogens is 3. The van der Waals surface area contributed by atoms with Gasteiger partial charge >= 0.3 is 0 Å². The van der Waals surface area contributed by atoms with Gasteiger partial charge < -0.3 is 19.9 Å². The molecule has 0 saturated heterocycles. The van der Waals surface area contributed by atoms with Crippen LogP contribution in [-0.2, 0) is 15.8 Å². The first-order valence-corrected chi connectivity index (χ1v) is 12.5. The standard InChI is InChI=1S/C24H28N6O3S/c1-17-13-19-15-21(7-8-22(19)27-17)33-23-9-10-25-24(29-23)28-20-6-4-5-18(14-20)16-34(31,32)26-11-12-30(2)3/h4-10,13-15,26-27H,11-12,16H2,1-3H3,(H,25,28,29). The highest BCUT2D eigenvalue weighted by molar-refractivity contribution is 7.88. The molecular formula is C24H28N6O3S. The molecule has 0 unspecified atom stereocenters. The number of anilines is 2. The predicted octanol–water partition coefficient (Wildman–Crippen LogP) is 3.78. The zero-order chi connectivity index (χ0) is 24.1. The molecular weight excluding hydrogens is 452 g/mol. The zero-order valence-corrected chi connectivity index (χ0v) is 20.2. The van der Waals surface area contributed by atoms with Crippen LogP contribution < -0.4 is 14.8 Å². The van der Waals surface area contributed by atoms with Gasteiger partial charge in [0.2, 0.25) is 21.9 Å². The van der Waals surface area contributed by atoms with Crippen molar-refractivity contribution in [2.75, 3.05) is 32.5 Å². The molecule has 4 rings (SSSR count). The summed E-state index contributed by atoms with van der Waals surface area (Å²) in [6.07, 6.45) is 1.60. The first-order valence-electron chi connectivity index (χ1n) is 10.8. The second-order valence-corrected chi connectivity index (χ2v) is 10.1. The van der Waals surface area contributed by atoms with Crippen molar-refractivity contribution in [2.24, 2.45) is 0 Å². The van der Waals surface area contributed by atoms with E-state index in [0.717, 1.165) is 16.6 Å². The normalized spacial score (nSPS) is 11.8. The molecule has 4 aromatic rings. The lowest BCUT2D eigenvalue weighted by Gasteiger charge is -2.12. The van der Waals surface area contributed by atoms with Gasteiger partial charge in [-0.05, 0) is 63.0 Å². The minimum absolute atomic E-state index is 0.110. The van der Waals surface area contributed by atoms with Gasteiger partial charge in [-0.3, -0.25) is 0 Å². The maximum atomic E-state index is 12.4. The summed E-state index contributed by atoms with van der Waals surface area (Å²) in [5, 5.41) is 4.18. The van der Waals surface area contributed by atoms with E-state index in [-0.39, 0.29) is 5.75 Å². The number of sulfonamides is 1. The Morgan fingerprint density at radius 2 is 1.94 bits per heavy atom. The number of benzene rings is 2. The largest absolute Gasteiger partial charge is 0.439 e. The monoisotopic (exact) mass is 480 g/mol. The molecule has 9 nitrogen and oxygen atoms in total. The number of nitrogens with zero attached hydrogens (tertiary/aromatic N) is 3. The lowest BCUT2D eigenvalue weighted by molar-refractivity contribution is 0.412. The lowest BCUT2D eigenvalue weighted by Crippen LogP contribution is -2.32. The Morgan fingerprint density at radius 3 is 2.76 bits per heavy atom. The van der Waals surface area contributed by atoms with Crippen molar-refractivity contribution in [3.8, 4) is 11.6 Å². The Balaban J connectivity index is 1.42. The molecule has 0 amide bonds. The summed E-state index contributed by atoms with van der Waals surface area (Å²) in [7, 11) is 0.358. The van der Waals surface area contributed by atoms with E-state index in [1.807, 2.05) is 50.2 Å². The maximum Gasteiger partial charge on any atom is 0.230 e. The van der Waals surface area contributed by atoms with E-state index in [1.54, 1.807) is 30.5 Å². The van der Waals surface area contributed by atoms with Crippen molar-refractivity contribution < 1.29 is 13.2 Å². The van der Waals surface area contributed by atoms with Crippen LogP contribution in [0.3, 0.4) is 0 Å². The van der Waals surface area contributed by atoms with Gasteiger partial charge in [0.15, 0.2) is 0 Å². The minimum atomic E-state index is -3.43. The Kier molecular flexibility index (Phi) is 7.11. The molecule has 178 valence electrons. The van der Waals surface area contributed by atoms with Gasteiger partial charge in [0, 0.05) is 47.6 Å². The fourth-order valence-corrected chi connectivity index (χ4v) is 4.59. The molecule has 0 aliphatic carbocycles. The number of ether oxygens (including phenoxy) is 1. The molecule has 0 aliphatic heterocycles. The number of hydrogen-bond donors (Lipinski definition) is 3. The number of hydrogen-bond acceptors (Lipinski definition) is 7. The van der Waals surface area contributed by atoms with Crippen LogP contribution in [-0.4, -0.2) is 55.5 Å². The predicted molar refractivity (Wildman–Crippen MR) is 134 cm³/mol. The SMILES string of the molecule is Cc1cc2cc(Oc3ccnc(Nc4cccc(CS(=O)(=O)NCCN(C)C)c4)n3)ccc2[nH]1. The van der Waals surface area contributed by atoms with Gasteiger partial charge in [0.25, 0.3) is 0 Å². The van der Waals surface area contributed by atoms with Gasteiger partial charge in [-0.1, -0.05) is 12.1 Å². The molecule has 2 aromatic carbocycles. The van der Waals surface area contributed by atoms with Crippen LogP contribution >= 0.6 is 0 Å². The second kappa shape index (κ2) is 10.2. The zero-order valence-electron chi connectivity index (χ0n) is 19.4. The van der Waals surface area contributed by atoms with Crippen molar-refractivity contribution in [3.63, 3.8) is 0 Å². The molecule has 0 bridgehead atoms. The van der Waals surface area contributed by atoms with E-state index in [4.69, 9.17) is 4.74 Å². The number of nitrogens with one attached hydrogen (secondary N) is 3. The number of H-pyrrole nitrogens is 1. The van der Waals surface area contributed by atoms with E-state index in [0.29, 0.717) is 41.9 Å². The van der Waals surface area contributed by atoms with Crippen molar-refractivity contribution >= 4 is 32.6 Å². The van der Waals surface area contributed by atoms with Crippen LogP contribution in [0, 0.1) is 6.92 Å². The molecule has 0 aliphatic rings. The molecule has 0 spiro atoms. The molecule has 0 saturated carbocycles. The van der Waals surface area contributed by atoms with E-state index < -0.39 is 10.0 Å². The number of fused-ring (bicyclic) bond motifs is 1. The fraction of sp³-hybridized carbons (Fsp3) is 0.250. The third-order valence-electron chi connectivity index (χ3n) is 5.00. The van der Waals surface area contributed by atoms with E-state index >= 15 is 0 Å². The topological polar surface area (TPSA) is 112 Å². The molecule has 10 heteroatoms. The molecule has 34 heavy (non-hydrogen) atoms. The molecule has 0 radical (unpaired) electrons. The van der Waals surface area contributed by atoms with Crippen LogP contribution in [0.15, 0.2) is 60.8 Å². The second-order valence-electron chi connectivity index (χ2n) is 8.30. The maximum absolute atomic E-state index is 12.4. The van der Waals surface area contributed by atoms with Crippen molar-refractivity contribution in [1.82, 2.24) is 24.6 Å². The molecule has 0 atom stereocenters. The summed E-state index contributed by atoms with van der Waals surface area (Å²) in [5.41, 5.74) is 3.47. The summed E-state index contributed by atoms with van der Waals surface area (Å²) in [4.78, 5) is 13.9. The van der Waals surface area contributed by atoms with Crippen molar-refractivity contribution in [1.29, 1.82) is 0 Å². The summed E-state index contributed by atoms with van der Waals surface area (Å²) < 4.78 is 33.3. The molecule has 2 heterocycles. The summed E-state index contributed by atoms with van der Waals surface area (Å²) in [6.45, 7) is 3.01. The molecule has 0 fully saturated rings. The fourth-order valence-electron chi connectivity index (χ4n) is 3.46. The average molecular weight is 481 g/mol. The van der Waals surface area contributed by atoms with Gasteiger partial charge in [0.05, 0.1) is 5.75 Å².